The van der Waals surface area contributed by atoms with Crippen molar-refractivity contribution in [2.45, 2.75) is 32.2 Å². The fraction of sp³-hybridized carbons (Fsp3) is 0.462. The number of carbonyl (C=O) groups excluding carboxylic acids is 1. The van der Waals surface area contributed by atoms with Crippen LogP contribution in [0.1, 0.15) is 25.8 Å². The average molecular weight is 239 g/mol. The molecule has 0 saturated heterocycles. The molecule has 0 bridgehead atoms. The van der Waals surface area contributed by atoms with Crippen LogP contribution in [0.5, 0.6) is 5.75 Å². The predicted molar refractivity (Wildman–Crippen MR) is 64.5 cm³/mol. The molecule has 0 amide bonds. The van der Waals surface area contributed by atoms with Gasteiger partial charge in [-0.25, -0.2) is 4.39 Å². The normalized spacial score (nSPS) is 14.2. The Labute approximate surface area is 101 Å². The first-order valence-electron chi connectivity index (χ1n) is 5.55. The van der Waals surface area contributed by atoms with Gasteiger partial charge in [0.1, 0.15) is 0 Å². The summed E-state index contributed by atoms with van der Waals surface area (Å²) in [6.07, 6.45) is 0.701. The summed E-state index contributed by atoms with van der Waals surface area (Å²) < 4.78 is 18.2. The quantitative estimate of drug-likeness (QED) is 0.855. The molecular formula is C13H18FNO2. The summed E-state index contributed by atoms with van der Waals surface area (Å²) in [6, 6.07) is 4.49. The van der Waals surface area contributed by atoms with E-state index < -0.39 is 11.4 Å². The van der Waals surface area contributed by atoms with Gasteiger partial charge in [-0.3, -0.25) is 4.79 Å². The number of hydrogen-bond donors (Lipinski definition) is 1. The Hall–Kier alpha value is -1.42. The highest BCUT2D eigenvalue weighted by Crippen LogP contribution is 2.19. The molecule has 0 fully saturated rings. The van der Waals surface area contributed by atoms with Crippen molar-refractivity contribution >= 4 is 5.78 Å². The third kappa shape index (κ3) is 3.27. The van der Waals surface area contributed by atoms with Crippen LogP contribution in [0.15, 0.2) is 18.2 Å². The Bertz CT molecular complexity index is 416. The molecule has 1 aromatic carbocycles. The Morgan fingerprint density at radius 2 is 2.18 bits per heavy atom. The van der Waals surface area contributed by atoms with Crippen LogP contribution in [0.2, 0.25) is 0 Å². The van der Waals surface area contributed by atoms with Crippen LogP contribution >= 0.6 is 0 Å². The highest BCUT2D eigenvalue weighted by atomic mass is 19.1. The molecule has 0 aliphatic carbocycles. The van der Waals surface area contributed by atoms with Crippen LogP contribution in [-0.4, -0.2) is 18.4 Å². The zero-order valence-corrected chi connectivity index (χ0v) is 10.4. The van der Waals surface area contributed by atoms with Crippen LogP contribution in [0, 0.1) is 5.82 Å². The monoisotopic (exact) mass is 239 g/mol. The number of rotatable bonds is 5. The second-order valence-electron chi connectivity index (χ2n) is 4.34. The highest BCUT2D eigenvalue weighted by Gasteiger charge is 2.25. The number of carbonyl (C=O) groups is 1. The van der Waals surface area contributed by atoms with E-state index in [0.29, 0.717) is 12.0 Å². The molecule has 0 heterocycles. The van der Waals surface area contributed by atoms with Gasteiger partial charge in [0, 0.05) is 6.42 Å². The van der Waals surface area contributed by atoms with Crippen molar-refractivity contribution in [2.24, 2.45) is 5.73 Å². The molecule has 0 saturated carbocycles. The number of hydrogen-bond acceptors (Lipinski definition) is 3. The van der Waals surface area contributed by atoms with E-state index in [9.17, 15) is 9.18 Å². The number of Topliss-reactive ketones (excluding diaryl/α,β-unsaturated/α-hetero) is 1. The molecule has 3 nitrogen and oxygen atoms in total. The van der Waals surface area contributed by atoms with Gasteiger partial charge in [0.2, 0.25) is 0 Å². The number of methoxy groups -OCH3 is 1. The Balaban J connectivity index is 2.83. The minimum atomic E-state index is -0.851. The van der Waals surface area contributed by atoms with E-state index in [4.69, 9.17) is 10.5 Å². The lowest BCUT2D eigenvalue weighted by molar-refractivity contribution is -0.123. The largest absolute Gasteiger partial charge is 0.494 e. The predicted octanol–water partition coefficient (Wildman–Crippen LogP) is 2.07. The number of benzene rings is 1. The lowest BCUT2D eigenvalue weighted by Crippen LogP contribution is -2.45. The van der Waals surface area contributed by atoms with E-state index in [1.54, 1.807) is 13.0 Å². The summed E-state index contributed by atoms with van der Waals surface area (Å²) in [5.41, 5.74) is 5.59. The summed E-state index contributed by atoms with van der Waals surface area (Å²) in [5, 5.41) is 0. The fourth-order valence-electron chi connectivity index (χ4n) is 1.40. The van der Waals surface area contributed by atoms with E-state index in [2.05, 4.69) is 0 Å². The molecule has 17 heavy (non-hydrogen) atoms. The number of ether oxygens (including phenoxy) is 1. The molecule has 0 aliphatic rings. The van der Waals surface area contributed by atoms with Gasteiger partial charge >= 0.3 is 0 Å². The molecule has 2 N–H and O–H groups in total. The molecule has 0 aliphatic heterocycles. The van der Waals surface area contributed by atoms with E-state index in [1.807, 2.05) is 6.92 Å². The van der Waals surface area contributed by atoms with Gasteiger partial charge in [-0.15, -0.1) is 0 Å². The van der Waals surface area contributed by atoms with Gasteiger partial charge in [0.05, 0.1) is 12.6 Å². The first kappa shape index (κ1) is 13.6. The third-order valence-electron chi connectivity index (χ3n) is 2.95. The van der Waals surface area contributed by atoms with Crippen molar-refractivity contribution in [3.05, 3.63) is 29.6 Å². The zero-order chi connectivity index (χ0) is 13.1. The Morgan fingerprint density at radius 3 is 2.65 bits per heavy atom. The molecule has 94 valence electrons. The third-order valence-corrected chi connectivity index (χ3v) is 2.95. The van der Waals surface area contributed by atoms with E-state index in [0.717, 1.165) is 0 Å². The van der Waals surface area contributed by atoms with E-state index >= 15 is 0 Å². The molecule has 0 radical (unpaired) electrons. The molecule has 4 heteroatoms. The van der Waals surface area contributed by atoms with E-state index in [1.165, 1.54) is 19.2 Å². The molecule has 1 unspecified atom stereocenters. The highest BCUT2D eigenvalue weighted by molar-refractivity contribution is 5.89. The average Bonchev–Trinajstić information content (AvgIpc) is 2.29. The van der Waals surface area contributed by atoms with Crippen LogP contribution in [0.3, 0.4) is 0 Å². The standard InChI is InChI=1S/C13H18FNO2/c1-4-13(2,15)12(16)8-9-5-6-11(17-3)10(14)7-9/h5-7H,4,8,15H2,1-3H3. The Morgan fingerprint density at radius 1 is 1.53 bits per heavy atom. The molecule has 1 rings (SSSR count). The van der Waals surface area contributed by atoms with Crippen molar-refractivity contribution in [3.63, 3.8) is 0 Å². The molecule has 1 aromatic rings. The van der Waals surface area contributed by atoms with Crippen LogP contribution < -0.4 is 10.5 Å². The SMILES string of the molecule is CCC(C)(N)C(=O)Cc1ccc(OC)c(F)c1. The topological polar surface area (TPSA) is 52.3 Å². The molecular weight excluding hydrogens is 221 g/mol. The first-order valence-corrected chi connectivity index (χ1v) is 5.55. The zero-order valence-electron chi connectivity index (χ0n) is 10.4. The summed E-state index contributed by atoms with van der Waals surface area (Å²) in [4.78, 5) is 11.9. The number of nitrogens with two attached hydrogens (primary N) is 1. The van der Waals surface area contributed by atoms with Gasteiger partial charge < -0.3 is 10.5 Å². The van der Waals surface area contributed by atoms with Crippen molar-refractivity contribution in [1.82, 2.24) is 0 Å². The van der Waals surface area contributed by atoms with Crippen LogP contribution in [0.25, 0.3) is 0 Å². The second kappa shape index (κ2) is 5.27. The van der Waals surface area contributed by atoms with Crippen molar-refractivity contribution in [1.29, 1.82) is 0 Å². The number of ketones is 1. The minimum Gasteiger partial charge on any atom is -0.494 e. The van der Waals surface area contributed by atoms with Crippen LogP contribution in [0.4, 0.5) is 4.39 Å². The van der Waals surface area contributed by atoms with Gasteiger partial charge in [-0.05, 0) is 31.0 Å². The fourth-order valence-corrected chi connectivity index (χ4v) is 1.40. The summed E-state index contributed by atoms with van der Waals surface area (Å²) in [5.74, 6) is -0.384. The van der Waals surface area contributed by atoms with Crippen molar-refractivity contribution in [3.8, 4) is 5.75 Å². The van der Waals surface area contributed by atoms with Gasteiger partial charge in [-0.2, -0.15) is 0 Å². The maximum atomic E-state index is 13.4. The van der Waals surface area contributed by atoms with Crippen molar-refractivity contribution < 1.29 is 13.9 Å². The smallest absolute Gasteiger partial charge is 0.165 e. The van der Waals surface area contributed by atoms with Crippen LogP contribution in [-0.2, 0) is 11.2 Å². The van der Waals surface area contributed by atoms with E-state index in [-0.39, 0.29) is 18.0 Å². The van der Waals surface area contributed by atoms with Gasteiger partial charge in [0.25, 0.3) is 0 Å². The lowest BCUT2D eigenvalue weighted by atomic mass is 9.90. The minimum absolute atomic E-state index is 0.0930. The first-order chi connectivity index (χ1) is 7.90. The maximum absolute atomic E-state index is 13.4. The number of halogens is 1. The van der Waals surface area contributed by atoms with Gasteiger partial charge in [0.15, 0.2) is 17.3 Å². The van der Waals surface area contributed by atoms with Gasteiger partial charge in [-0.1, -0.05) is 13.0 Å². The Kier molecular flexibility index (Phi) is 4.23. The molecule has 0 aromatic heterocycles. The second-order valence-corrected chi connectivity index (χ2v) is 4.34. The van der Waals surface area contributed by atoms with Crippen molar-refractivity contribution in [2.75, 3.05) is 7.11 Å². The summed E-state index contributed by atoms with van der Waals surface area (Å²) in [7, 11) is 1.40. The summed E-state index contributed by atoms with van der Waals surface area (Å²) >= 11 is 0. The lowest BCUT2D eigenvalue weighted by Gasteiger charge is -2.20. The maximum Gasteiger partial charge on any atom is 0.165 e. The molecule has 1 atom stereocenters. The summed E-state index contributed by atoms with van der Waals surface area (Å²) in [6.45, 7) is 3.54. The molecule has 0 spiro atoms.